The highest BCUT2D eigenvalue weighted by Gasteiger charge is 2.48. The third kappa shape index (κ3) is 2.63. The molecule has 112 valence electrons. The molecule has 2 aromatic rings. The van der Waals surface area contributed by atoms with Crippen LogP contribution in [0.5, 0.6) is 0 Å². The van der Waals surface area contributed by atoms with Crippen LogP contribution in [-0.2, 0) is 4.74 Å². The van der Waals surface area contributed by atoms with Gasteiger partial charge in [-0.2, -0.15) is 0 Å². The van der Waals surface area contributed by atoms with Gasteiger partial charge >= 0.3 is 0 Å². The van der Waals surface area contributed by atoms with Gasteiger partial charge in [0.2, 0.25) is 0 Å². The standard InChI is InChI=1S/C15H21N5O/c1-4-21-14-9-13(15(14,2)3)17-11-5-7-12(8-6-11)20-10-16-18-19-20/h5-8,10,13-14,17H,4,9H2,1-3H3. The first-order valence-corrected chi connectivity index (χ1v) is 7.33. The Balaban J connectivity index is 1.64. The van der Waals surface area contributed by atoms with Gasteiger partial charge in [0.15, 0.2) is 0 Å². The van der Waals surface area contributed by atoms with Crippen molar-refractivity contribution < 1.29 is 4.74 Å². The van der Waals surface area contributed by atoms with Crippen LogP contribution >= 0.6 is 0 Å². The zero-order chi connectivity index (χ0) is 14.9. The van der Waals surface area contributed by atoms with E-state index in [9.17, 15) is 0 Å². The van der Waals surface area contributed by atoms with Gasteiger partial charge in [0.05, 0.1) is 11.8 Å². The smallest absolute Gasteiger partial charge is 0.143 e. The van der Waals surface area contributed by atoms with Gasteiger partial charge in [-0.15, -0.1) is 5.10 Å². The third-order valence-corrected chi connectivity index (χ3v) is 4.37. The molecule has 1 saturated carbocycles. The Labute approximate surface area is 124 Å². The molecule has 0 bridgehead atoms. The molecule has 1 fully saturated rings. The van der Waals surface area contributed by atoms with Crippen molar-refractivity contribution in [2.24, 2.45) is 5.41 Å². The Morgan fingerprint density at radius 1 is 1.33 bits per heavy atom. The predicted octanol–water partition coefficient (Wildman–Crippen LogP) is 2.28. The molecular weight excluding hydrogens is 266 g/mol. The first-order chi connectivity index (χ1) is 10.1. The molecular formula is C15H21N5O. The van der Waals surface area contributed by atoms with Crippen LogP contribution in [0.3, 0.4) is 0 Å². The minimum absolute atomic E-state index is 0.157. The van der Waals surface area contributed by atoms with Gasteiger partial charge in [-0.1, -0.05) is 13.8 Å². The van der Waals surface area contributed by atoms with Gasteiger partial charge in [0.25, 0.3) is 0 Å². The molecule has 6 heteroatoms. The molecule has 1 aliphatic carbocycles. The number of aromatic nitrogens is 4. The van der Waals surface area contributed by atoms with Gasteiger partial charge in [0.1, 0.15) is 6.33 Å². The van der Waals surface area contributed by atoms with E-state index >= 15 is 0 Å². The number of benzene rings is 1. The number of hydrogen-bond donors (Lipinski definition) is 1. The van der Waals surface area contributed by atoms with Crippen molar-refractivity contribution in [3.05, 3.63) is 30.6 Å². The summed E-state index contributed by atoms with van der Waals surface area (Å²) in [6.07, 6.45) is 2.99. The second kappa shape index (κ2) is 5.44. The number of anilines is 1. The molecule has 3 rings (SSSR count). The van der Waals surface area contributed by atoms with E-state index in [1.165, 1.54) is 0 Å². The maximum atomic E-state index is 5.76. The summed E-state index contributed by atoms with van der Waals surface area (Å²) in [4.78, 5) is 0. The van der Waals surface area contributed by atoms with Gasteiger partial charge in [-0.25, -0.2) is 4.68 Å². The van der Waals surface area contributed by atoms with Crippen LogP contribution < -0.4 is 5.32 Å². The number of rotatable bonds is 5. The van der Waals surface area contributed by atoms with Crippen molar-refractivity contribution in [3.8, 4) is 5.69 Å². The molecule has 2 unspecified atom stereocenters. The van der Waals surface area contributed by atoms with Crippen molar-refractivity contribution in [3.63, 3.8) is 0 Å². The summed E-state index contributed by atoms with van der Waals surface area (Å²) < 4.78 is 7.40. The Morgan fingerprint density at radius 2 is 2.10 bits per heavy atom. The van der Waals surface area contributed by atoms with Crippen molar-refractivity contribution in [1.29, 1.82) is 0 Å². The van der Waals surface area contributed by atoms with Crippen LogP contribution in [-0.4, -0.2) is 39.0 Å². The second-order valence-corrected chi connectivity index (χ2v) is 6.00. The molecule has 0 saturated heterocycles. The molecule has 0 radical (unpaired) electrons. The average molecular weight is 287 g/mol. The summed E-state index contributed by atoms with van der Waals surface area (Å²) in [5, 5.41) is 14.7. The minimum atomic E-state index is 0.157. The number of nitrogens with one attached hydrogen (secondary N) is 1. The molecule has 1 aromatic heterocycles. The molecule has 1 aromatic carbocycles. The molecule has 0 spiro atoms. The van der Waals surface area contributed by atoms with Crippen molar-refractivity contribution in [1.82, 2.24) is 20.2 Å². The predicted molar refractivity (Wildman–Crippen MR) is 80.4 cm³/mol. The molecule has 2 atom stereocenters. The van der Waals surface area contributed by atoms with E-state index in [-0.39, 0.29) is 5.41 Å². The summed E-state index contributed by atoms with van der Waals surface area (Å²) in [6, 6.07) is 8.56. The van der Waals surface area contributed by atoms with E-state index < -0.39 is 0 Å². The highest BCUT2D eigenvalue weighted by atomic mass is 16.5. The molecule has 0 amide bonds. The monoisotopic (exact) mass is 287 g/mol. The average Bonchev–Trinajstić information content (AvgIpc) is 3.01. The minimum Gasteiger partial charge on any atom is -0.382 e. The van der Waals surface area contributed by atoms with Crippen LogP contribution in [0.1, 0.15) is 27.2 Å². The normalized spacial score (nSPS) is 23.6. The SMILES string of the molecule is CCOC1CC(Nc2ccc(-n3cnnn3)cc2)C1(C)C. The number of hydrogen-bond acceptors (Lipinski definition) is 5. The maximum Gasteiger partial charge on any atom is 0.143 e. The number of nitrogens with zero attached hydrogens (tertiary/aromatic N) is 4. The largest absolute Gasteiger partial charge is 0.382 e. The summed E-state index contributed by atoms with van der Waals surface area (Å²) in [6.45, 7) is 7.34. The van der Waals surface area contributed by atoms with E-state index in [4.69, 9.17) is 4.74 Å². The maximum absolute atomic E-state index is 5.76. The van der Waals surface area contributed by atoms with Gasteiger partial charge < -0.3 is 10.1 Å². The van der Waals surface area contributed by atoms with E-state index in [1.54, 1.807) is 11.0 Å². The van der Waals surface area contributed by atoms with Crippen LogP contribution in [0.2, 0.25) is 0 Å². The van der Waals surface area contributed by atoms with Gasteiger partial charge in [-0.3, -0.25) is 0 Å². The van der Waals surface area contributed by atoms with Crippen LogP contribution in [0, 0.1) is 5.41 Å². The molecule has 21 heavy (non-hydrogen) atoms. The highest BCUT2D eigenvalue weighted by Crippen LogP contribution is 2.44. The lowest BCUT2D eigenvalue weighted by Crippen LogP contribution is -2.58. The number of ether oxygens (including phenoxy) is 1. The fraction of sp³-hybridized carbons (Fsp3) is 0.533. The quantitative estimate of drug-likeness (QED) is 0.914. The Morgan fingerprint density at radius 3 is 2.67 bits per heavy atom. The third-order valence-electron chi connectivity index (χ3n) is 4.37. The van der Waals surface area contributed by atoms with Crippen LogP contribution in [0.15, 0.2) is 30.6 Å². The second-order valence-electron chi connectivity index (χ2n) is 6.00. The fourth-order valence-corrected chi connectivity index (χ4v) is 2.81. The Hall–Kier alpha value is -1.95. The van der Waals surface area contributed by atoms with E-state index in [0.717, 1.165) is 24.4 Å². The summed E-state index contributed by atoms with van der Waals surface area (Å²) in [5.74, 6) is 0. The van der Waals surface area contributed by atoms with Gasteiger partial charge in [-0.05, 0) is 48.0 Å². The van der Waals surface area contributed by atoms with E-state index in [0.29, 0.717) is 12.1 Å². The van der Waals surface area contributed by atoms with Crippen LogP contribution in [0.4, 0.5) is 5.69 Å². The van der Waals surface area contributed by atoms with Crippen molar-refractivity contribution in [2.45, 2.75) is 39.3 Å². The summed E-state index contributed by atoms with van der Waals surface area (Å²) in [5.41, 5.74) is 2.22. The lowest BCUT2D eigenvalue weighted by molar-refractivity contribution is -0.0975. The zero-order valence-electron chi connectivity index (χ0n) is 12.7. The molecule has 6 nitrogen and oxygen atoms in total. The van der Waals surface area contributed by atoms with Crippen LogP contribution in [0.25, 0.3) is 5.69 Å². The topological polar surface area (TPSA) is 64.9 Å². The number of tetrazole rings is 1. The zero-order valence-corrected chi connectivity index (χ0v) is 12.7. The highest BCUT2D eigenvalue weighted by molar-refractivity contribution is 5.49. The lowest BCUT2D eigenvalue weighted by atomic mass is 9.64. The van der Waals surface area contributed by atoms with E-state index in [1.807, 2.05) is 12.1 Å². The Bertz CT molecular complexity index is 579. The fourth-order valence-electron chi connectivity index (χ4n) is 2.81. The first kappa shape index (κ1) is 14.0. The molecule has 1 heterocycles. The molecule has 1 N–H and O–H groups in total. The van der Waals surface area contributed by atoms with E-state index in [2.05, 4.69) is 53.7 Å². The lowest BCUT2D eigenvalue weighted by Gasteiger charge is -2.52. The first-order valence-electron chi connectivity index (χ1n) is 7.33. The van der Waals surface area contributed by atoms with Gasteiger partial charge in [0, 0.05) is 23.8 Å². The summed E-state index contributed by atoms with van der Waals surface area (Å²) in [7, 11) is 0. The molecule has 0 aliphatic heterocycles. The Kier molecular flexibility index (Phi) is 3.63. The van der Waals surface area contributed by atoms with Crippen molar-refractivity contribution >= 4 is 5.69 Å². The van der Waals surface area contributed by atoms with Crippen molar-refractivity contribution in [2.75, 3.05) is 11.9 Å². The summed E-state index contributed by atoms with van der Waals surface area (Å²) >= 11 is 0. The molecule has 1 aliphatic rings.